The third kappa shape index (κ3) is 3.66. The zero-order valence-corrected chi connectivity index (χ0v) is 15.7. The molecule has 0 radical (unpaired) electrons. The van der Waals surface area contributed by atoms with Crippen molar-refractivity contribution >= 4 is 10.0 Å². The van der Waals surface area contributed by atoms with Gasteiger partial charge in [-0.05, 0) is 51.1 Å². The number of nitrogens with zero attached hydrogens (tertiary/aromatic N) is 3. The number of sulfonamides is 1. The molecule has 0 aliphatic rings. The number of likely N-dealkylation sites (N-methyl/N-ethyl adjacent to an activating group) is 1. The zero-order chi connectivity index (χ0) is 18.1. The number of benzene rings is 1. The Labute approximate surface area is 143 Å². The lowest BCUT2D eigenvalue weighted by atomic mass is 10.1. The standard InChI is InChI=1S/C16H24N4O3S/c1-10-7-13(9-14(12(10)3)24(21,22)20(5)6)16-18-15(19-23-16)8-11(2)17-4/h7,9,11,17H,8H2,1-6H3. The fourth-order valence-corrected chi connectivity index (χ4v) is 3.46. The quantitative estimate of drug-likeness (QED) is 0.852. The maximum Gasteiger partial charge on any atom is 0.257 e. The summed E-state index contributed by atoms with van der Waals surface area (Å²) < 4.78 is 31.6. The van der Waals surface area contributed by atoms with Gasteiger partial charge >= 0.3 is 0 Å². The van der Waals surface area contributed by atoms with Crippen molar-refractivity contribution < 1.29 is 12.9 Å². The van der Waals surface area contributed by atoms with Crippen molar-refractivity contribution in [2.45, 2.75) is 38.1 Å². The minimum atomic E-state index is -3.54. The van der Waals surface area contributed by atoms with Gasteiger partial charge in [0.1, 0.15) is 0 Å². The van der Waals surface area contributed by atoms with Crippen LogP contribution < -0.4 is 5.32 Å². The first-order valence-corrected chi connectivity index (χ1v) is 9.14. The summed E-state index contributed by atoms with van der Waals surface area (Å²) in [6.07, 6.45) is 0.633. The smallest absolute Gasteiger partial charge is 0.257 e. The first kappa shape index (κ1) is 18.6. The molecule has 2 aromatic rings. The molecular weight excluding hydrogens is 328 g/mol. The van der Waals surface area contributed by atoms with Crippen LogP contribution in [0.4, 0.5) is 0 Å². The molecular formula is C16H24N4O3S. The minimum absolute atomic E-state index is 0.222. The van der Waals surface area contributed by atoms with Crippen molar-refractivity contribution in [1.82, 2.24) is 19.8 Å². The molecule has 8 heteroatoms. The van der Waals surface area contributed by atoms with Crippen LogP contribution in [0, 0.1) is 13.8 Å². The van der Waals surface area contributed by atoms with Gasteiger partial charge < -0.3 is 9.84 Å². The van der Waals surface area contributed by atoms with Crippen molar-refractivity contribution in [2.75, 3.05) is 21.1 Å². The molecule has 1 aromatic carbocycles. The lowest BCUT2D eigenvalue weighted by molar-refractivity contribution is 0.418. The van der Waals surface area contributed by atoms with Gasteiger partial charge in [-0.15, -0.1) is 0 Å². The van der Waals surface area contributed by atoms with E-state index in [2.05, 4.69) is 15.5 Å². The van der Waals surface area contributed by atoms with Crippen LogP contribution in [0.25, 0.3) is 11.5 Å². The maximum atomic E-state index is 12.5. The van der Waals surface area contributed by atoms with E-state index >= 15 is 0 Å². The third-order valence-electron chi connectivity index (χ3n) is 4.07. The third-order valence-corrected chi connectivity index (χ3v) is 6.02. The van der Waals surface area contributed by atoms with Crippen LogP contribution >= 0.6 is 0 Å². The molecule has 0 aliphatic carbocycles. The minimum Gasteiger partial charge on any atom is -0.334 e. The monoisotopic (exact) mass is 352 g/mol. The SMILES string of the molecule is CNC(C)Cc1noc(-c2cc(C)c(C)c(S(=O)(=O)N(C)C)c2)n1. The van der Waals surface area contributed by atoms with Gasteiger partial charge in [-0.2, -0.15) is 4.98 Å². The Morgan fingerprint density at radius 1 is 1.29 bits per heavy atom. The molecule has 0 aliphatic heterocycles. The Kier molecular flexibility index (Phi) is 5.42. The van der Waals surface area contributed by atoms with Gasteiger partial charge in [-0.1, -0.05) is 5.16 Å². The van der Waals surface area contributed by atoms with E-state index in [1.54, 1.807) is 13.0 Å². The summed E-state index contributed by atoms with van der Waals surface area (Å²) in [6, 6.07) is 3.68. The molecule has 1 aromatic heterocycles. The molecule has 24 heavy (non-hydrogen) atoms. The highest BCUT2D eigenvalue weighted by molar-refractivity contribution is 7.89. The molecule has 1 N–H and O–H groups in total. The first-order chi connectivity index (χ1) is 11.2. The molecule has 7 nitrogen and oxygen atoms in total. The van der Waals surface area contributed by atoms with E-state index in [0.717, 1.165) is 11.1 Å². The number of aryl methyl sites for hydroxylation is 1. The second kappa shape index (κ2) is 7.00. The first-order valence-electron chi connectivity index (χ1n) is 7.70. The number of aromatic nitrogens is 2. The van der Waals surface area contributed by atoms with E-state index in [9.17, 15) is 8.42 Å². The van der Waals surface area contributed by atoms with Crippen LogP contribution in [-0.2, 0) is 16.4 Å². The van der Waals surface area contributed by atoms with Gasteiger partial charge in [0.25, 0.3) is 5.89 Å². The molecule has 0 bridgehead atoms. The molecule has 2 rings (SSSR count). The number of hydrogen-bond donors (Lipinski definition) is 1. The molecule has 1 heterocycles. The predicted molar refractivity (Wildman–Crippen MR) is 92.3 cm³/mol. The zero-order valence-electron chi connectivity index (χ0n) is 14.9. The molecule has 0 saturated heterocycles. The topological polar surface area (TPSA) is 88.3 Å². The van der Waals surface area contributed by atoms with E-state index in [1.165, 1.54) is 18.4 Å². The summed E-state index contributed by atoms with van der Waals surface area (Å²) in [5.74, 6) is 0.911. The van der Waals surface area contributed by atoms with Crippen molar-refractivity contribution in [3.63, 3.8) is 0 Å². The van der Waals surface area contributed by atoms with E-state index in [1.807, 2.05) is 27.0 Å². The van der Waals surface area contributed by atoms with Crippen molar-refractivity contribution in [3.05, 3.63) is 29.1 Å². The average Bonchev–Trinajstić information content (AvgIpc) is 2.97. The highest BCUT2D eigenvalue weighted by Gasteiger charge is 2.23. The van der Waals surface area contributed by atoms with Gasteiger partial charge in [0.15, 0.2) is 5.82 Å². The molecule has 132 valence electrons. The normalized spacial score (nSPS) is 13.5. The Balaban J connectivity index is 2.48. The van der Waals surface area contributed by atoms with E-state index in [-0.39, 0.29) is 10.9 Å². The molecule has 0 spiro atoms. The highest BCUT2D eigenvalue weighted by atomic mass is 32.2. The van der Waals surface area contributed by atoms with Gasteiger partial charge in [0.05, 0.1) is 4.90 Å². The van der Waals surface area contributed by atoms with Crippen LogP contribution in [-0.4, -0.2) is 50.0 Å². The fourth-order valence-electron chi connectivity index (χ4n) is 2.25. The molecule has 0 fully saturated rings. The Hall–Kier alpha value is -1.77. The molecule has 0 amide bonds. The largest absolute Gasteiger partial charge is 0.334 e. The molecule has 1 unspecified atom stereocenters. The van der Waals surface area contributed by atoms with Gasteiger partial charge in [-0.3, -0.25) is 0 Å². The van der Waals surface area contributed by atoms with Crippen LogP contribution in [0.3, 0.4) is 0 Å². The Morgan fingerprint density at radius 2 is 1.96 bits per heavy atom. The van der Waals surface area contributed by atoms with E-state index in [4.69, 9.17) is 4.52 Å². The summed E-state index contributed by atoms with van der Waals surface area (Å²) in [4.78, 5) is 4.64. The van der Waals surface area contributed by atoms with Crippen LogP contribution in [0.2, 0.25) is 0 Å². The van der Waals surface area contributed by atoms with Crippen molar-refractivity contribution in [3.8, 4) is 11.5 Å². The Bertz CT molecular complexity index is 828. The summed E-state index contributed by atoms with van der Waals surface area (Å²) in [5.41, 5.74) is 2.18. The van der Waals surface area contributed by atoms with Crippen molar-refractivity contribution in [2.24, 2.45) is 0 Å². The van der Waals surface area contributed by atoms with Gasteiger partial charge in [0.2, 0.25) is 10.0 Å². The van der Waals surface area contributed by atoms with Crippen LogP contribution in [0.1, 0.15) is 23.9 Å². The van der Waals surface area contributed by atoms with Gasteiger partial charge in [0, 0.05) is 32.1 Å². The van der Waals surface area contributed by atoms with E-state index < -0.39 is 10.0 Å². The molecule has 0 saturated carbocycles. The highest BCUT2D eigenvalue weighted by Crippen LogP contribution is 2.28. The summed E-state index contributed by atoms with van der Waals surface area (Å²) in [5, 5.41) is 7.09. The Morgan fingerprint density at radius 3 is 2.54 bits per heavy atom. The molecule has 1 atom stereocenters. The fraction of sp³-hybridized carbons (Fsp3) is 0.500. The lowest BCUT2D eigenvalue weighted by Gasteiger charge is -2.15. The van der Waals surface area contributed by atoms with Gasteiger partial charge in [-0.25, -0.2) is 12.7 Å². The van der Waals surface area contributed by atoms with Crippen molar-refractivity contribution in [1.29, 1.82) is 0 Å². The van der Waals surface area contributed by atoms with Crippen LogP contribution in [0.5, 0.6) is 0 Å². The van der Waals surface area contributed by atoms with Crippen LogP contribution in [0.15, 0.2) is 21.6 Å². The number of hydrogen-bond acceptors (Lipinski definition) is 6. The second-order valence-electron chi connectivity index (χ2n) is 6.11. The second-order valence-corrected chi connectivity index (χ2v) is 8.23. The van der Waals surface area contributed by atoms with E-state index in [0.29, 0.717) is 23.7 Å². The predicted octanol–water partition coefficient (Wildman–Crippen LogP) is 1.75. The summed E-state index contributed by atoms with van der Waals surface area (Å²) in [6.45, 7) is 5.69. The summed E-state index contributed by atoms with van der Waals surface area (Å²) in [7, 11) is 1.35. The summed E-state index contributed by atoms with van der Waals surface area (Å²) >= 11 is 0. The number of rotatable bonds is 6. The number of nitrogens with one attached hydrogen (secondary N) is 1. The maximum absolute atomic E-state index is 12.5. The average molecular weight is 352 g/mol. The lowest BCUT2D eigenvalue weighted by Crippen LogP contribution is -2.24.